The number of methoxy groups -OCH3 is 2. The molecule has 0 radical (unpaired) electrons. The summed E-state index contributed by atoms with van der Waals surface area (Å²) in [7, 11) is 3.14. The zero-order valence-corrected chi connectivity index (χ0v) is 12.6. The number of nitrogens with one attached hydrogen (secondary N) is 1. The predicted octanol–water partition coefficient (Wildman–Crippen LogP) is 3.22. The largest absolute Gasteiger partial charge is 0.496 e. The minimum absolute atomic E-state index is 0.00595. The fourth-order valence-electron chi connectivity index (χ4n) is 2.05. The zero-order chi connectivity index (χ0) is 15.3. The number of nitro groups is 1. The van der Waals surface area contributed by atoms with Crippen molar-refractivity contribution in [3.8, 4) is 5.75 Å². The van der Waals surface area contributed by atoms with Crippen LogP contribution in [0.3, 0.4) is 0 Å². The van der Waals surface area contributed by atoms with Gasteiger partial charge >= 0.3 is 0 Å². The molecule has 6 nitrogen and oxygen atoms in total. The monoisotopic (exact) mass is 282 g/mol. The lowest BCUT2D eigenvalue weighted by molar-refractivity contribution is -0.384. The lowest BCUT2D eigenvalue weighted by atomic mass is 9.99. The molecule has 0 spiro atoms. The number of rotatable bonds is 7. The minimum Gasteiger partial charge on any atom is -0.496 e. The van der Waals surface area contributed by atoms with Crippen molar-refractivity contribution in [2.75, 3.05) is 19.5 Å². The van der Waals surface area contributed by atoms with Gasteiger partial charge in [0.25, 0.3) is 5.69 Å². The van der Waals surface area contributed by atoms with Crippen molar-refractivity contribution in [1.29, 1.82) is 0 Å². The summed E-state index contributed by atoms with van der Waals surface area (Å²) < 4.78 is 10.4. The number of ether oxygens (including phenoxy) is 2. The Labute approximate surface area is 119 Å². The molecule has 1 aromatic carbocycles. The van der Waals surface area contributed by atoms with Crippen LogP contribution in [0.1, 0.15) is 27.2 Å². The molecule has 0 amide bonds. The van der Waals surface area contributed by atoms with Crippen LogP contribution in [0, 0.1) is 10.1 Å². The van der Waals surface area contributed by atoms with Crippen LogP contribution in [-0.4, -0.2) is 30.8 Å². The lowest BCUT2D eigenvalue weighted by Crippen LogP contribution is -2.31. The number of hydrogen-bond acceptors (Lipinski definition) is 5. The molecule has 1 unspecified atom stereocenters. The molecule has 0 saturated heterocycles. The molecular formula is C14H22N2O4. The normalized spacial score (nSPS) is 12.8. The van der Waals surface area contributed by atoms with Crippen molar-refractivity contribution < 1.29 is 14.4 Å². The van der Waals surface area contributed by atoms with Crippen LogP contribution in [0.25, 0.3) is 0 Å². The van der Waals surface area contributed by atoms with E-state index in [1.165, 1.54) is 13.2 Å². The summed E-state index contributed by atoms with van der Waals surface area (Å²) >= 11 is 0. The van der Waals surface area contributed by atoms with Gasteiger partial charge in [-0.1, -0.05) is 0 Å². The van der Waals surface area contributed by atoms with Crippen molar-refractivity contribution in [2.24, 2.45) is 0 Å². The average molecular weight is 282 g/mol. The van der Waals surface area contributed by atoms with Crippen molar-refractivity contribution in [2.45, 2.75) is 38.8 Å². The Hall–Kier alpha value is -1.82. The third-order valence-corrected chi connectivity index (χ3v) is 3.15. The van der Waals surface area contributed by atoms with Gasteiger partial charge < -0.3 is 14.8 Å². The highest BCUT2D eigenvalue weighted by Crippen LogP contribution is 2.30. The van der Waals surface area contributed by atoms with E-state index in [-0.39, 0.29) is 17.3 Å². The quantitative estimate of drug-likeness (QED) is 0.614. The summed E-state index contributed by atoms with van der Waals surface area (Å²) in [4.78, 5) is 10.7. The van der Waals surface area contributed by atoms with Gasteiger partial charge in [-0.25, -0.2) is 0 Å². The Bertz CT molecular complexity index is 474. The molecule has 0 bridgehead atoms. The van der Waals surface area contributed by atoms with Gasteiger partial charge in [0.1, 0.15) is 11.4 Å². The molecule has 6 heteroatoms. The molecule has 0 aliphatic rings. The average Bonchev–Trinajstić information content (AvgIpc) is 2.38. The van der Waals surface area contributed by atoms with Crippen LogP contribution in [0.15, 0.2) is 18.2 Å². The van der Waals surface area contributed by atoms with Crippen LogP contribution in [0.2, 0.25) is 0 Å². The van der Waals surface area contributed by atoms with E-state index in [0.717, 1.165) is 6.42 Å². The van der Waals surface area contributed by atoms with E-state index in [1.54, 1.807) is 19.2 Å². The molecule has 1 N–H and O–H groups in total. The topological polar surface area (TPSA) is 73.6 Å². The summed E-state index contributed by atoms with van der Waals surface area (Å²) in [6, 6.07) is 4.81. The Balaban J connectivity index is 2.89. The molecule has 20 heavy (non-hydrogen) atoms. The summed E-state index contributed by atoms with van der Waals surface area (Å²) in [5.41, 5.74) is 0.204. The summed E-state index contributed by atoms with van der Waals surface area (Å²) in [6.07, 6.45) is 0.729. The van der Waals surface area contributed by atoms with Crippen LogP contribution < -0.4 is 10.1 Å². The third kappa shape index (κ3) is 4.38. The maximum Gasteiger partial charge on any atom is 0.296 e. The first-order valence-electron chi connectivity index (χ1n) is 6.43. The fourth-order valence-corrected chi connectivity index (χ4v) is 2.05. The second kappa shape index (κ2) is 6.56. The van der Waals surface area contributed by atoms with E-state index >= 15 is 0 Å². The summed E-state index contributed by atoms with van der Waals surface area (Å²) in [5, 5.41) is 14.3. The molecule has 0 aromatic heterocycles. The smallest absolute Gasteiger partial charge is 0.296 e. The second-order valence-corrected chi connectivity index (χ2v) is 5.35. The maximum atomic E-state index is 11.1. The first kappa shape index (κ1) is 16.2. The van der Waals surface area contributed by atoms with E-state index in [9.17, 15) is 10.1 Å². The summed E-state index contributed by atoms with van der Waals surface area (Å²) in [6.45, 7) is 5.93. The van der Waals surface area contributed by atoms with Gasteiger partial charge in [-0.15, -0.1) is 0 Å². The van der Waals surface area contributed by atoms with Crippen molar-refractivity contribution in [1.82, 2.24) is 0 Å². The van der Waals surface area contributed by atoms with Crippen LogP contribution in [-0.2, 0) is 4.74 Å². The number of nitro benzene ring substituents is 1. The third-order valence-electron chi connectivity index (χ3n) is 3.15. The number of benzene rings is 1. The van der Waals surface area contributed by atoms with Crippen LogP contribution in [0.5, 0.6) is 5.75 Å². The van der Waals surface area contributed by atoms with Crippen molar-refractivity contribution >= 4 is 11.4 Å². The van der Waals surface area contributed by atoms with Gasteiger partial charge in [0.05, 0.1) is 23.7 Å². The first-order valence-corrected chi connectivity index (χ1v) is 6.43. The van der Waals surface area contributed by atoms with E-state index < -0.39 is 4.92 Å². The molecule has 0 saturated carbocycles. The Morgan fingerprint density at radius 2 is 2.05 bits per heavy atom. The Morgan fingerprint density at radius 1 is 1.40 bits per heavy atom. The molecule has 1 atom stereocenters. The molecular weight excluding hydrogens is 260 g/mol. The number of hydrogen-bond donors (Lipinski definition) is 1. The molecule has 112 valence electrons. The van der Waals surface area contributed by atoms with E-state index in [2.05, 4.69) is 5.32 Å². The Morgan fingerprint density at radius 3 is 2.55 bits per heavy atom. The van der Waals surface area contributed by atoms with Gasteiger partial charge in [-0.2, -0.15) is 0 Å². The zero-order valence-electron chi connectivity index (χ0n) is 12.6. The Kier molecular flexibility index (Phi) is 5.33. The fraction of sp³-hybridized carbons (Fsp3) is 0.571. The number of anilines is 1. The standard InChI is InChI=1S/C14H22N2O4/c1-10(9-14(2,3)20-5)15-12-7-6-11(19-4)8-13(12)16(17)18/h6-8,10,15H,9H2,1-5H3. The van der Waals surface area contributed by atoms with Gasteiger partial charge in [0.15, 0.2) is 0 Å². The SMILES string of the molecule is COc1ccc(NC(C)CC(C)(C)OC)c([N+](=O)[O-])c1. The van der Waals surface area contributed by atoms with E-state index in [0.29, 0.717) is 11.4 Å². The number of nitrogens with zero attached hydrogens (tertiary/aromatic N) is 1. The van der Waals surface area contributed by atoms with Gasteiger partial charge in [-0.05, 0) is 39.3 Å². The van der Waals surface area contributed by atoms with Gasteiger partial charge in [0, 0.05) is 13.2 Å². The van der Waals surface area contributed by atoms with Gasteiger partial charge in [-0.3, -0.25) is 10.1 Å². The highest BCUT2D eigenvalue weighted by molar-refractivity contribution is 5.64. The van der Waals surface area contributed by atoms with Gasteiger partial charge in [0.2, 0.25) is 0 Å². The lowest BCUT2D eigenvalue weighted by Gasteiger charge is -2.27. The van der Waals surface area contributed by atoms with Crippen LogP contribution >= 0.6 is 0 Å². The second-order valence-electron chi connectivity index (χ2n) is 5.35. The highest BCUT2D eigenvalue weighted by atomic mass is 16.6. The molecule has 0 aliphatic heterocycles. The molecule has 0 aliphatic carbocycles. The van der Waals surface area contributed by atoms with Crippen molar-refractivity contribution in [3.05, 3.63) is 28.3 Å². The molecule has 0 fully saturated rings. The predicted molar refractivity (Wildman–Crippen MR) is 78.4 cm³/mol. The van der Waals surface area contributed by atoms with Crippen molar-refractivity contribution in [3.63, 3.8) is 0 Å². The van der Waals surface area contributed by atoms with E-state index in [4.69, 9.17) is 9.47 Å². The van der Waals surface area contributed by atoms with E-state index in [1.807, 2.05) is 20.8 Å². The van der Waals surface area contributed by atoms with Crippen LogP contribution in [0.4, 0.5) is 11.4 Å². The maximum absolute atomic E-state index is 11.1. The molecule has 1 aromatic rings. The molecule has 0 heterocycles. The molecule has 1 rings (SSSR count). The first-order chi connectivity index (χ1) is 9.29. The summed E-state index contributed by atoms with van der Waals surface area (Å²) in [5.74, 6) is 0.465. The highest BCUT2D eigenvalue weighted by Gasteiger charge is 2.22. The minimum atomic E-state index is -0.418.